The lowest BCUT2D eigenvalue weighted by Crippen LogP contribution is -2.53. The molecule has 1 heterocycles. The third-order valence-electron chi connectivity index (χ3n) is 8.33. The van der Waals surface area contributed by atoms with E-state index < -0.39 is 5.97 Å². The third-order valence-corrected chi connectivity index (χ3v) is 8.33. The summed E-state index contributed by atoms with van der Waals surface area (Å²) < 4.78 is 12.9. The number of hydrogen-bond acceptors (Lipinski definition) is 3. The summed E-state index contributed by atoms with van der Waals surface area (Å²) >= 11 is 0. The topological polar surface area (TPSA) is 55.8 Å². The van der Waals surface area contributed by atoms with Crippen LogP contribution in [-0.4, -0.2) is 23.8 Å². The van der Waals surface area contributed by atoms with Gasteiger partial charge in [-0.25, -0.2) is 4.79 Å². The SMILES string of the molecule is CCC1(C)CC2CC(C)(C)OC(c3cc(-c4ccc5cc(C(=O)O)ccc5c4)ccc3OC)(C2)C1. The van der Waals surface area contributed by atoms with Gasteiger partial charge in [-0.15, -0.1) is 0 Å². The molecule has 0 aromatic heterocycles. The highest BCUT2D eigenvalue weighted by molar-refractivity contribution is 5.95. The smallest absolute Gasteiger partial charge is 0.335 e. The van der Waals surface area contributed by atoms with Crippen LogP contribution in [0.3, 0.4) is 0 Å². The van der Waals surface area contributed by atoms with Crippen molar-refractivity contribution in [3.05, 3.63) is 65.7 Å². The minimum Gasteiger partial charge on any atom is -0.496 e. The second kappa shape index (κ2) is 8.37. The molecule has 2 bridgehead atoms. The Morgan fingerprint density at radius 1 is 0.971 bits per heavy atom. The second-order valence-corrected chi connectivity index (χ2v) is 11.7. The minimum atomic E-state index is -0.907. The van der Waals surface area contributed by atoms with Crippen molar-refractivity contribution in [2.75, 3.05) is 7.11 Å². The van der Waals surface area contributed by atoms with Crippen LogP contribution in [-0.2, 0) is 10.3 Å². The molecule has 1 aliphatic heterocycles. The maximum Gasteiger partial charge on any atom is 0.335 e. The van der Waals surface area contributed by atoms with E-state index in [0.717, 1.165) is 58.9 Å². The summed E-state index contributed by atoms with van der Waals surface area (Å²) in [5.41, 5.74) is 3.36. The molecule has 3 aromatic rings. The predicted octanol–water partition coefficient (Wildman–Crippen LogP) is 7.82. The Morgan fingerprint density at radius 3 is 2.37 bits per heavy atom. The number of carboxylic acid groups (broad SMARTS) is 1. The van der Waals surface area contributed by atoms with Crippen LogP contribution in [0.5, 0.6) is 5.75 Å². The minimum absolute atomic E-state index is 0.177. The van der Waals surface area contributed by atoms with Crippen LogP contribution in [0, 0.1) is 11.3 Å². The Bertz CT molecular complexity index is 1290. The van der Waals surface area contributed by atoms with Crippen LogP contribution in [0.15, 0.2) is 54.6 Å². The van der Waals surface area contributed by atoms with Crippen molar-refractivity contribution in [1.82, 2.24) is 0 Å². The van der Waals surface area contributed by atoms with Crippen molar-refractivity contribution in [2.45, 2.75) is 71.0 Å². The number of rotatable bonds is 5. The molecule has 2 aliphatic rings. The molecule has 1 saturated carbocycles. The number of aromatic carboxylic acids is 1. The van der Waals surface area contributed by atoms with Crippen LogP contribution < -0.4 is 4.74 Å². The van der Waals surface area contributed by atoms with Gasteiger partial charge in [0, 0.05) is 5.56 Å². The lowest BCUT2D eigenvalue weighted by Gasteiger charge is -2.57. The number of benzene rings is 3. The number of hydrogen-bond donors (Lipinski definition) is 1. The van der Waals surface area contributed by atoms with Crippen molar-refractivity contribution < 1.29 is 19.4 Å². The Balaban J connectivity index is 1.62. The zero-order chi connectivity index (χ0) is 25.0. The van der Waals surface area contributed by atoms with E-state index in [1.165, 1.54) is 6.42 Å². The lowest BCUT2D eigenvalue weighted by molar-refractivity contribution is -0.235. The molecule has 4 nitrogen and oxygen atoms in total. The molecule has 3 aromatic carbocycles. The highest BCUT2D eigenvalue weighted by atomic mass is 16.5. The normalized spacial score (nSPS) is 27.5. The summed E-state index contributed by atoms with van der Waals surface area (Å²) in [7, 11) is 1.75. The van der Waals surface area contributed by atoms with Crippen molar-refractivity contribution in [3.8, 4) is 16.9 Å². The molecular weight excluding hydrogens is 436 g/mol. The number of ether oxygens (including phenoxy) is 2. The molecule has 184 valence electrons. The van der Waals surface area contributed by atoms with E-state index in [1.807, 2.05) is 12.1 Å². The zero-order valence-electron chi connectivity index (χ0n) is 21.5. The fraction of sp³-hybridized carbons (Fsp3) is 0.452. The van der Waals surface area contributed by atoms with Crippen molar-refractivity contribution >= 4 is 16.7 Å². The molecule has 1 aliphatic carbocycles. The summed E-state index contributed by atoms with van der Waals surface area (Å²) in [4.78, 5) is 11.4. The summed E-state index contributed by atoms with van der Waals surface area (Å²) in [5, 5.41) is 11.3. The highest BCUT2D eigenvalue weighted by Gasteiger charge is 2.54. The first-order valence-electron chi connectivity index (χ1n) is 12.7. The quantitative estimate of drug-likeness (QED) is 0.411. The fourth-order valence-corrected chi connectivity index (χ4v) is 6.89. The predicted molar refractivity (Wildman–Crippen MR) is 140 cm³/mol. The van der Waals surface area contributed by atoms with Crippen LogP contribution in [0.25, 0.3) is 21.9 Å². The number of methoxy groups -OCH3 is 1. The Kier molecular flexibility index (Phi) is 5.71. The van der Waals surface area contributed by atoms with Gasteiger partial charge in [0.15, 0.2) is 0 Å². The van der Waals surface area contributed by atoms with E-state index in [9.17, 15) is 9.90 Å². The van der Waals surface area contributed by atoms with E-state index >= 15 is 0 Å². The molecule has 35 heavy (non-hydrogen) atoms. The van der Waals surface area contributed by atoms with Gasteiger partial charge in [-0.3, -0.25) is 0 Å². The van der Waals surface area contributed by atoms with Crippen LogP contribution in [0.4, 0.5) is 0 Å². The highest BCUT2D eigenvalue weighted by Crippen LogP contribution is 2.60. The van der Waals surface area contributed by atoms with Crippen LogP contribution >= 0.6 is 0 Å². The van der Waals surface area contributed by atoms with E-state index in [4.69, 9.17) is 9.47 Å². The Hall–Kier alpha value is -2.85. The van der Waals surface area contributed by atoms with Gasteiger partial charge in [0.1, 0.15) is 5.75 Å². The molecule has 4 heteroatoms. The number of fused-ring (bicyclic) bond motifs is 3. The van der Waals surface area contributed by atoms with Gasteiger partial charge in [-0.1, -0.05) is 44.5 Å². The van der Waals surface area contributed by atoms with Crippen molar-refractivity contribution in [3.63, 3.8) is 0 Å². The lowest BCUT2D eigenvalue weighted by atomic mass is 9.58. The molecule has 1 N–H and O–H groups in total. The third kappa shape index (κ3) is 4.33. The zero-order valence-corrected chi connectivity index (χ0v) is 21.5. The largest absolute Gasteiger partial charge is 0.496 e. The molecule has 3 unspecified atom stereocenters. The van der Waals surface area contributed by atoms with Crippen LogP contribution in [0.1, 0.15) is 75.7 Å². The molecule has 0 amide bonds. The Morgan fingerprint density at radius 2 is 1.66 bits per heavy atom. The summed E-state index contributed by atoms with van der Waals surface area (Å²) in [6.45, 7) is 9.18. The molecule has 2 fully saturated rings. The summed E-state index contributed by atoms with van der Waals surface area (Å²) in [6.07, 6.45) is 5.51. The van der Waals surface area contributed by atoms with E-state index in [2.05, 4.69) is 58.0 Å². The summed E-state index contributed by atoms with van der Waals surface area (Å²) in [5.74, 6) is 0.614. The van der Waals surface area contributed by atoms with Gasteiger partial charge in [-0.05, 0) is 103 Å². The van der Waals surface area contributed by atoms with E-state index in [1.54, 1.807) is 19.2 Å². The monoisotopic (exact) mass is 472 g/mol. The van der Waals surface area contributed by atoms with Gasteiger partial charge < -0.3 is 14.6 Å². The number of carboxylic acids is 1. The average molecular weight is 473 g/mol. The molecule has 1 saturated heterocycles. The van der Waals surface area contributed by atoms with Crippen molar-refractivity contribution in [1.29, 1.82) is 0 Å². The van der Waals surface area contributed by atoms with Gasteiger partial charge in [0.05, 0.1) is 23.9 Å². The second-order valence-electron chi connectivity index (χ2n) is 11.7. The molecule has 0 spiro atoms. The van der Waals surface area contributed by atoms with Gasteiger partial charge >= 0.3 is 5.97 Å². The first-order chi connectivity index (χ1) is 16.6. The maximum atomic E-state index is 11.4. The average Bonchev–Trinajstić information content (AvgIpc) is 2.81. The first-order valence-corrected chi connectivity index (χ1v) is 12.7. The molecule has 5 rings (SSSR count). The number of carbonyl (C=O) groups is 1. The van der Waals surface area contributed by atoms with Crippen LogP contribution in [0.2, 0.25) is 0 Å². The first kappa shape index (κ1) is 23.9. The fourth-order valence-electron chi connectivity index (χ4n) is 6.89. The van der Waals surface area contributed by atoms with Crippen molar-refractivity contribution in [2.24, 2.45) is 11.3 Å². The maximum absolute atomic E-state index is 11.4. The molecule has 0 radical (unpaired) electrons. The van der Waals surface area contributed by atoms with Gasteiger partial charge in [0.25, 0.3) is 0 Å². The van der Waals surface area contributed by atoms with E-state index in [-0.39, 0.29) is 16.6 Å². The van der Waals surface area contributed by atoms with E-state index in [0.29, 0.717) is 11.5 Å². The standard InChI is InChI=1S/C31H36O4/c1-6-30(4)17-20-16-29(2,3)35-31(18-20,19-30)26-15-24(11-12-27(26)34-5)22-7-8-23-14-25(28(32)33)10-9-21(23)13-22/h7-15,20H,6,16-19H2,1-5H3,(H,32,33). The molecule has 3 atom stereocenters. The Labute approximate surface area is 208 Å². The van der Waals surface area contributed by atoms with Gasteiger partial charge in [-0.2, -0.15) is 0 Å². The molecular formula is C31H36O4. The summed E-state index contributed by atoms with van der Waals surface area (Å²) in [6, 6.07) is 17.9. The van der Waals surface area contributed by atoms with Gasteiger partial charge in [0.2, 0.25) is 0 Å².